The molecule has 3 aromatic rings. The van der Waals surface area contributed by atoms with Crippen LogP contribution in [0.25, 0.3) is 0 Å². The molecule has 0 aliphatic carbocycles. The number of pyridine rings is 1. The Morgan fingerprint density at radius 3 is 2.43 bits per heavy atom. The van der Waals surface area contributed by atoms with Crippen molar-refractivity contribution in [3.8, 4) is 0 Å². The lowest BCUT2D eigenvalue weighted by Gasteiger charge is -2.21. The highest BCUT2D eigenvalue weighted by Gasteiger charge is 2.17. The number of ketones is 1. The van der Waals surface area contributed by atoms with Crippen LogP contribution in [-0.2, 0) is 0 Å². The molecule has 142 valence electrons. The molecule has 0 fully saturated rings. The van der Waals surface area contributed by atoms with Crippen LogP contribution in [0, 0.1) is 6.92 Å². The van der Waals surface area contributed by atoms with Crippen LogP contribution in [0.1, 0.15) is 40.3 Å². The Labute approximate surface area is 165 Å². The summed E-state index contributed by atoms with van der Waals surface area (Å²) in [5.74, 6) is -0.128. The summed E-state index contributed by atoms with van der Waals surface area (Å²) in [6, 6.07) is 18.6. The predicted molar refractivity (Wildman–Crippen MR) is 112 cm³/mol. The zero-order valence-corrected chi connectivity index (χ0v) is 16.3. The highest BCUT2D eigenvalue weighted by Crippen LogP contribution is 2.20. The number of nitrogens with zero attached hydrogens (tertiary/aromatic N) is 2. The van der Waals surface area contributed by atoms with E-state index in [1.54, 1.807) is 29.3 Å². The van der Waals surface area contributed by atoms with Crippen molar-refractivity contribution in [1.82, 2.24) is 4.98 Å². The van der Waals surface area contributed by atoms with Gasteiger partial charge >= 0.3 is 0 Å². The molecule has 1 aromatic heterocycles. The number of aromatic nitrogens is 1. The van der Waals surface area contributed by atoms with E-state index >= 15 is 0 Å². The highest BCUT2D eigenvalue weighted by molar-refractivity contribution is 6.04. The van der Waals surface area contributed by atoms with Crippen molar-refractivity contribution in [1.29, 1.82) is 0 Å². The second kappa shape index (κ2) is 8.48. The van der Waals surface area contributed by atoms with Gasteiger partial charge in [-0.1, -0.05) is 24.3 Å². The molecule has 5 nitrogen and oxygen atoms in total. The first-order chi connectivity index (χ1) is 13.5. The van der Waals surface area contributed by atoms with Gasteiger partial charge < -0.3 is 10.2 Å². The number of anilines is 3. The van der Waals surface area contributed by atoms with Gasteiger partial charge in [0.2, 0.25) is 0 Å². The highest BCUT2D eigenvalue weighted by atomic mass is 16.2. The number of carbonyl (C=O) groups is 2. The standard InChI is InChI=1S/C23H23N3O2/c1-4-26(21-10-5-7-16(2)13-21)23(28)22-12-11-20(15-24-22)25-19-9-6-8-18(14-19)17(3)27/h5-15,25H,4H2,1-3H3. The summed E-state index contributed by atoms with van der Waals surface area (Å²) >= 11 is 0. The van der Waals surface area contributed by atoms with E-state index in [4.69, 9.17) is 0 Å². The van der Waals surface area contributed by atoms with Gasteiger partial charge in [0, 0.05) is 23.5 Å². The lowest BCUT2D eigenvalue weighted by atomic mass is 10.1. The van der Waals surface area contributed by atoms with E-state index in [0.29, 0.717) is 17.8 Å². The summed E-state index contributed by atoms with van der Waals surface area (Å²) < 4.78 is 0. The van der Waals surface area contributed by atoms with Gasteiger partial charge in [0.05, 0.1) is 11.9 Å². The van der Waals surface area contributed by atoms with Crippen molar-refractivity contribution in [2.24, 2.45) is 0 Å². The number of nitrogens with one attached hydrogen (secondary N) is 1. The largest absolute Gasteiger partial charge is 0.354 e. The molecule has 0 atom stereocenters. The summed E-state index contributed by atoms with van der Waals surface area (Å²) in [5, 5.41) is 3.21. The summed E-state index contributed by atoms with van der Waals surface area (Å²) in [4.78, 5) is 30.4. The minimum absolute atomic E-state index is 0.0125. The van der Waals surface area contributed by atoms with Gasteiger partial charge in [0.1, 0.15) is 5.69 Å². The molecule has 0 radical (unpaired) electrons. The molecule has 0 bridgehead atoms. The molecule has 0 aliphatic heterocycles. The molecule has 1 amide bonds. The molecule has 1 heterocycles. The third-order valence-electron chi connectivity index (χ3n) is 4.42. The number of aryl methyl sites for hydroxylation is 1. The number of Topliss-reactive ketones (excluding diaryl/α,β-unsaturated/α-hetero) is 1. The van der Waals surface area contributed by atoms with Crippen LogP contribution in [0.15, 0.2) is 66.9 Å². The number of hydrogen-bond donors (Lipinski definition) is 1. The number of hydrogen-bond acceptors (Lipinski definition) is 4. The van der Waals surface area contributed by atoms with E-state index in [1.807, 2.05) is 56.3 Å². The van der Waals surface area contributed by atoms with Crippen molar-refractivity contribution < 1.29 is 9.59 Å². The summed E-state index contributed by atoms with van der Waals surface area (Å²) in [7, 11) is 0. The Bertz CT molecular complexity index is 997. The Hall–Kier alpha value is -3.47. The van der Waals surface area contributed by atoms with Crippen LogP contribution in [0.2, 0.25) is 0 Å². The van der Waals surface area contributed by atoms with Gasteiger partial charge in [0.25, 0.3) is 5.91 Å². The van der Waals surface area contributed by atoms with Gasteiger partial charge in [-0.25, -0.2) is 4.98 Å². The molecular formula is C23H23N3O2. The van der Waals surface area contributed by atoms with Crippen molar-refractivity contribution in [2.75, 3.05) is 16.8 Å². The van der Waals surface area contributed by atoms with E-state index in [1.165, 1.54) is 6.92 Å². The van der Waals surface area contributed by atoms with E-state index in [2.05, 4.69) is 10.3 Å². The second-order valence-electron chi connectivity index (χ2n) is 6.58. The van der Waals surface area contributed by atoms with Gasteiger partial charge in [-0.2, -0.15) is 0 Å². The maximum absolute atomic E-state index is 12.9. The average Bonchev–Trinajstić information content (AvgIpc) is 2.69. The number of benzene rings is 2. The van der Waals surface area contributed by atoms with Crippen molar-refractivity contribution in [3.63, 3.8) is 0 Å². The maximum Gasteiger partial charge on any atom is 0.276 e. The fraction of sp³-hybridized carbons (Fsp3) is 0.174. The maximum atomic E-state index is 12.9. The molecule has 1 N–H and O–H groups in total. The van der Waals surface area contributed by atoms with Crippen LogP contribution in [-0.4, -0.2) is 23.2 Å². The minimum Gasteiger partial charge on any atom is -0.354 e. The first-order valence-electron chi connectivity index (χ1n) is 9.20. The summed E-state index contributed by atoms with van der Waals surface area (Å²) in [5.41, 5.74) is 4.52. The molecule has 0 unspecified atom stereocenters. The monoisotopic (exact) mass is 373 g/mol. The van der Waals surface area contributed by atoms with Crippen LogP contribution in [0.4, 0.5) is 17.1 Å². The van der Waals surface area contributed by atoms with Gasteiger partial charge in [-0.05, 0) is 62.7 Å². The van der Waals surface area contributed by atoms with Crippen molar-refractivity contribution in [3.05, 3.63) is 83.7 Å². The lowest BCUT2D eigenvalue weighted by molar-refractivity contribution is 0.0981. The Kier molecular flexibility index (Phi) is 5.84. The quantitative estimate of drug-likeness (QED) is 0.618. The molecule has 2 aromatic carbocycles. The average molecular weight is 373 g/mol. The fourth-order valence-corrected chi connectivity index (χ4v) is 2.95. The van der Waals surface area contributed by atoms with Crippen LogP contribution >= 0.6 is 0 Å². The Morgan fingerprint density at radius 1 is 1.00 bits per heavy atom. The van der Waals surface area contributed by atoms with Crippen molar-refractivity contribution in [2.45, 2.75) is 20.8 Å². The van der Waals surface area contributed by atoms with E-state index in [0.717, 1.165) is 22.6 Å². The number of rotatable bonds is 6. The third-order valence-corrected chi connectivity index (χ3v) is 4.42. The van der Waals surface area contributed by atoms with Gasteiger partial charge in [-0.15, -0.1) is 0 Å². The van der Waals surface area contributed by atoms with E-state index < -0.39 is 0 Å². The summed E-state index contributed by atoms with van der Waals surface area (Å²) in [6.07, 6.45) is 1.62. The fourth-order valence-electron chi connectivity index (χ4n) is 2.95. The SMILES string of the molecule is CCN(C(=O)c1ccc(Nc2cccc(C(C)=O)c2)cn1)c1cccc(C)c1. The minimum atomic E-state index is -0.141. The molecule has 0 saturated carbocycles. The molecule has 0 spiro atoms. The van der Waals surface area contributed by atoms with E-state index in [9.17, 15) is 9.59 Å². The van der Waals surface area contributed by atoms with Gasteiger partial charge in [0.15, 0.2) is 5.78 Å². The number of carbonyl (C=O) groups excluding carboxylic acids is 2. The van der Waals surface area contributed by atoms with Crippen LogP contribution in [0.3, 0.4) is 0 Å². The zero-order chi connectivity index (χ0) is 20.1. The van der Waals surface area contributed by atoms with E-state index in [-0.39, 0.29) is 11.7 Å². The number of amides is 1. The second-order valence-corrected chi connectivity index (χ2v) is 6.58. The smallest absolute Gasteiger partial charge is 0.276 e. The molecule has 28 heavy (non-hydrogen) atoms. The lowest BCUT2D eigenvalue weighted by Crippen LogP contribution is -2.31. The first-order valence-corrected chi connectivity index (χ1v) is 9.20. The zero-order valence-electron chi connectivity index (χ0n) is 16.3. The van der Waals surface area contributed by atoms with Gasteiger partial charge in [-0.3, -0.25) is 9.59 Å². The predicted octanol–water partition coefficient (Wildman–Crippen LogP) is 5.00. The molecule has 5 heteroatoms. The van der Waals surface area contributed by atoms with Crippen LogP contribution < -0.4 is 10.2 Å². The first kappa shape index (κ1) is 19.3. The van der Waals surface area contributed by atoms with Crippen LogP contribution in [0.5, 0.6) is 0 Å². The topological polar surface area (TPSA) is 62.3 Å². The Balaban J connectivity index is 1.77. The Morgan fingerprint density at radius 2 is 1.79 bits per heavy atom. The normalized spacial score (nSPS) is 10.4. The molecule has 0 saturated heterocycles. The molecular weight excluding hydrogens is 350 g/mol. The molecule has 3 rings (SSSR count). The van der Waals surface area contributed by atoms with Crippen molar-refractivity contribution >= 4 is 28.8 Å². The third kappa shape index (κ3) is 4.43. The molecule has 0 aliphatic rings. The summed E-state index contributed by atoms with van der Waals surface area (Å²) in [6.45, 7) is 6.04.